The normalized spacial score (nSPS) is 22.9. The molecular weight excluding hydrogens is 200 g/mol. The van der Waals surface area contributed by atoms with Crippen LogP contribution < -0.4 is 0 Å². The third-order valence-electron chi connectivity index (χ3n) is 4.02. The summed E-state index contributed by atoms with van der Waals surface area (Å²) in [5.74, 6) is 0.799. The van der Waals surface area contributed by atoms with E-state index in [1.165, 1.54) is 32.1 Å². The summed E-state index contributed by atoms with van der Waals surface area (Å²) in [5.41, 5.74) is 6.71. The van der Waals surface area contributed by atoms with Gasteiger partial charge in [-0.15, -0.1) is 11.8 Å². The molecule has 1 heteroatoms. The maximum absolute atomic E-state index is 2.51. The van der Waals surface area contributed by atoms with Crippen molar-refractivity contribution in [1.29, 1.82) is 0 Å². The minimum atomic E-state index is 0.799. The molecule has 2 aliphatic carbocycles. The Bertz CT molecular complexity index is 406. The number of hydrogen-bond donors (Lipinski definition) is 0. The summed E-state index contributed by atoms with van der Waals surface area (Å²) in [6.07, 6.45) is 8.96. The summed E-state index contributed by atoms with van der Waals surface area (Å²) in [5, 5.41) is 0. The van der Waals surface area contributed by atoms with Gasteiger partial charge in [-0.25, -0.2) is 0 Å². The molecule has 2 aliphatic rings. The van der Waals surface area contributed by atoms with E-state index < -0.39 is 0 Å². The van der Waals surface area contributed by atoms with E-state index in [2.05, 4.69) is 19.2 Å². The summed E-state index contributed by atoms with van der Waals surface area (Å²) in [7, 11) is 0. The predicted octanol–water partition coefficient (Wildman–Crippen LogP) is 3.95. The molecule has 3 rings (SSSR count). The van der Waals surface area contributed by atoms with E-state index in [1.54, 1.807) is 27.1 Å². The van der Waals surface area contributed by atoms with Gasteiger partial charge in [0.1, 0.15) is 0 Å². The smallest absolute Gasteiger partial charge is 0.0141 e. The van der Waals surface area contributed by atoms with Crippen LogP contribution in [-0.4, -0.2) is 6.26 Å². The van der Waals surface area contributed by atoms with Gasteiger partial charge in [0.2, 0.25) is 0 Å². The van der Waals surface area contributed by atoms with Crippen LogP contribution >= 0.6 is 11.8 Å². The molecule has 0 saturated carbocycles. The van der Waals surface area contributed by atoms with Crippen molar-refractivity contribution in [2.24, 2.45) is 0 Å². The van der Waals surface area contributed by atoms with Gasteiger partial charge < -0.3 is 0 Å². The van der Waals surface area contributed by atoms with Crippen molar-refractivity contribution >= 4 is 11.8 Å². The molecule has 0 saturated heterocycles. The SMILES string of the molecule is CSc1c2c(cc3c1C(C)CC3)CCC2. The first kappa shape index (κ1) is 9.77. The summed E-state index contributed by atoms with van der Waals surface area (Å²) in [6, 6.07) is 2.51. The topological polar surface area (TPSA) is 0 Å². The fourth-order valence-electron chi connectivity index (χ4n) is 3.28. The van der Waals surface area contributed by atoms with Crippen LogP contribution in [0, 0.1) is 0 Å². The van der Waals surface area contributed by atoms with Crippen molar-refractivity contribution in [3.05, 3.63) is 28.3 Å². The van der Waals surface area contributed by atoms with Crippen molar-refractivity contribution in [3.8, 4) is 0 Å². The second-order valence-corrected chi connectivity index (χ2v) is 5.73. The van der Waals surface area contributed by atoms with E-state index in [-0.39, 0.29) is 0 Å². The van der Waals surface area contributed by atoms with E-state index in [0.29, 0.717) is 0 Å². The van der Waals surface area contributed by atoms with Gasteiger partial charge in [-0.1, -0.05) is 13.0 Å². The van der Waals surface area contributed by atoms with Gasteiger partial charge in [-0.2, -0.15) is 0 Å². The van der Waals surface area contributed by atoms with Crippen molar-refractivity contribution in [2.75, 3.05) is 6.26 Å². The highest BCUT2D eigenvalue weighted by Gasteiger charge is 2.27. The molecule has 0 N–H and O–H groups in total. The van der Waals surface area contributed by atoms with Crippen molar-refractivity contribution in [2.45, 2.75) is 49.8 Å². The fourth-order valence-corrected chi connectivity index (χ4v) is 4.31. The first-order valence-corrected chi connectivity index (χ1v) is 7.25. The van der Waals surface area contributed by atoms with Gasteiger partial charge in [-0.3, -0.25) is 0 Å². The molecule has 1 aromatic carbocycles. The minimum absolute atomic E-state index is 0.799. The van der Waals surface area contributed by atoms with Gasteiger partial charge in [0.25, 0.3) is 0 Å². The van der Waals surface area contributed by atoms with Crippen LogP contribution in [0.3, 0.4) is 0 Å². The van der Waals surface area contributed by atoms with Gasteiger partial charge in [0.05, 0.1) is 0 Å². The van der Waals surface area contributed by atoms with Gasteiger partial charge in [-0.05, 0) is 66.5 Å². The average molecular weight is 218 g/mol. The van der Waals surface area contributed by atoms with E-state index in [9.17, 15) is 0 Å². The third-order valence-corrected chi connectivity index (χ3v) is 4.89. The van der Waals surface area contributed by atoms with E-state index in [4.69, 9.17) is 0 Å². The van der Waals surface area contributed by atoms with Crippen LogP contribution in [0.2, 0.25) is 0 Å². The number of rotatable bonds is 1. The molecule has 15 heavy (non-hydrogen) atoms. The molecule has 0 bridgehead atoms. The number of aryl methyl sites for hydroxylation is 2. The van der Waals surface area contributed by atoms with E-state index in [1.807, 2.05) is 11.8 Å². The summed E-state index contributed by atoms with van der Waals surface area (Å²) >= 11 is 1.98. The zero-order valence-electron chi connectivity index (χ0n) is 9.60. The third kappa shape index (κ3) is 1.36. The van der Waals surface area contributed by atoms with Crippen LogP contribution in [-0.2, 0) is 19.3 Å². The molecule has 0 spiro atoms. The van der Waals surface area contributed by atoms with Crippen LogP contribution in [0.15, 0.2) is 11.0 Å². The van der Waals surface area contributed by atoms with Gasteiger partial charge in [0, 0.05) is 4.90 Å². The van der Waals surface area contributed by atoms with Gasteiger partial charge >= 0.3 is 0 Å². The maximum Gasteiger partial charge on any atom is 0.0141 e. The maximum atomic E-state index is 2.51. The summed E-state index contributed by atoms with van der Waals surface area (Å²) < 4.78 is 0. The van der Waals surface area contributed by atoms with Crippen LogP contribution in [0.1, 0.15) is 47.9 Å². The molecule has 80 valence electrons. The molecule has 0 heterocycles. The molecule has 1 atom stereocenters. The average Bonchev–Trinajstić information content (AvgIpc) is 2.83. The fraction of sp³-hybridized carbons (Fsp3) is 0.571. The van der Waals surface area contributed by atoms with Crippen molar-refractivity contribution < 1.29 is 0 Å². The Morgan fingerprint density at radius 3 is 2.87 bits per heavy atom. The molecule has 0 aromatic heterocycles. The highest BCUT2D eigenvalue weighted by atomic mass is 32.2. The zero-order valence-corrected chi connectivity index (χ0v) is 10.4. The number of hydrogen-bond acceptors (Lipinski definition) is 1. The molecule has 0 aliphatic heterocycles. The Morgan fingerprint density at radius 2 is 2.07 bits per heavy atom. The van der Waals surface area contributed by atoms with Crippen LogP contribution in [0.5, 0.6) is 0 Å². The predicted molar refractivity (Wildman–Crippen MR) is 67.0 cm³/mol. The van der Waals surface area contributed by atoms with Gasteiger partial charge in [0.15, 0.2) is 0 Å². The molecule has 0 fully saturated rings. The van der Waals surface area contributed by atoms with E-state index >= 15 is 0 Å². The lowest BCUT2D eigenvalue weighted by Crippen LogP contribution is -1.96. The number of thioether (sulfide) groups is 1. The quantitative estimate of drug-likeness (QED) is 0.643. The molecule has 0 amide bonds. The van der Waals surface area contributed by atoms with Crippen molar-refractivity contribution in [1.82, 2.24) is 0 Å². The molecule has 0 nitrogen and oxygen atoms in total. The summed E-state index contributed by atoms with van der Waals surface area (Å²) in [4.78, 5) is 1.64. The van der Waals surface area contributed by atoms with Crippen LogP contribution in [0.25, 0.3) is 0 Å². The second kappa shape index (κ2) is 3.55. The molecule has 0 radical (unpaired) electrons. The minimum Gasteiger partial charge on any atom is -0.129 e. The Balaban J connectivity index is 2.24. The monoisotopic (exact) mass is 218 g/mol. The number of benzene rings is 1. The zero-order chi connectivity index (χ0) is 10.4. The van der Waals surface area contributed by atoms with E-state index in [0.717, 1.165) is 5.92 Å². The first-order valence-electron chi connectivity index (χ1n) is 6.02. The summed E-state index contributed by atoms with van der Waals surface area (Å²) in [6.45, 7) is 2.40. The number of fused-ring (bicyclic) bond motifs is 2. The van der Waals surface area contributed by atoms with Crippen LogP contribution in [0.4, 0.5) is 0 Å². The molecular formula is C14H18S. The lowest BCUT2D eigenvalue weighted by atomic mass is 9.98. The lowest BCUT2D eigenvalue weighted by molar-refractivity contribution is 0.736. The Labute approximate surface area is 96.5 Å². The standard InChI is InChI=1S/C14H18S/c1-9-6-7-11-8-10-4-3-5-12(10)14(15-2)13(9)11/h8-9H,3-7H2,1-2H3. The van der Waals surface area contributed by atoms with Crippen molar-refractivity contribution in [3.63, 3.8) is 0 Å². The Kier molecular flexibility index (Phi) is 2.31. The second-order valence-electron chi connectivity index (χ2n) is 4.91. The first-order chi connectivity index (χ1) is 7.31. The Hall–Kier alpha value is -0.430. The largest absolute Gasteiger partial charge is 0.129 e. The highest BCUT2D eigenvalue weighted by molar-refractivity contribution is 7.98. The highest BCUT2D eigenvalue weighted by Crippen LogP contribution is 2.44. The molecule has 1 aromatic rings. The molecule has 1 unspecified atom stereocenters. The lowest BCUT2D eigenvalue weighted by Gasteiger charge is -2.15. The Morgan fingerprint density at radius 1 is 1.20 bits per heavy atom.